The summed E-state index contributed by atoms with van der Waals surface area (Å²) < 4.78 is 4.52. The zero-order chi connectivity index (χ0) is 7.56. The molecule has 0 unspecified atom stereocenters. The van der Waals surface area contributed by atoms with E-state index in [0.717, 1.165) is 4.90 Å². The summed E-state index contributed by atoms with van der Waals surface area (Å²) in [6, 6.07) is 0. The van der Waals surface area contributed by atoms with Gasteiger partial charge in [-0.2, -0.15) is 12.6 Å². The van der Waals surface area contributed by atoms with Crippen molar-refractivity contribution < 1.29 is 14.3 Å². The fourth-order valence-corrected chi connectivity index (χ4v) is 0.876. The molecule has 1 aliphatic rings. The molecule has 1 rings (SSSR count). The van der Waals surface area contributed by atoms with Gasteiger partial charge in [-0.05, 0) is 0 Å². The zero-order valence-electron chi connectivity index (χ0n) is 5.24. The highest BCUT2D eigenvalue weighted by atomic mass is 32.1. The van der Waals surface area contributed by atoms with Gasteiger partial charge in [0, 0.05) is 0 Å². The SMILES string of the molecule is O=C(CS)N1CCOC1=O. The number of hydrogen-bond donors (Lipinski definition) is 1. The average molecular weight is 161 g/mol. The van der Waals surface area contributed by atoms with E-state index in [-0.39, 0.29) is 11.7 Å². The molecule has 0 aliphatic carbocycles. The van der Waals surface area contributed by atoms with Gasteiger partial charge in [0.15, 0.2) is 0 Å². The molecule has 0 spiro atoms. The lowest BCUT2D eigenvalue weighted by atomic mass is 10.5. The van der Waals surface area contributed by atoms with Gasteiger partial charge in [-0.25, -0.2) is 9.69 Å². The first-order chi connectivity index (χ1) is 4.75. The summed E-state index contributed by atoms with van der Waals surface area (Å²) in [7, 11) is 0. The molecular formula is C5H7NO3S. The number of rotatable bonds is 1. The molecule has 0 atom stereocenters. The van der Waals surface area contributed by atoms with E-state index >= 15 is 0 Å². The van der Waals surface area contributed by atoms with Crippen LogP contribution >= 0.6 is 12.6 Å². The molecule has 1 heterocycles. The van der Waals surface area contributed by atoms with Crippen LogP contribution in [0, 0.1) is 0 Å². The van der Waals surface area contributed by atoms with Crippen molar-refractivity contribution in [2.75, 3.05) is 18.9 Å². The number of carbonyl (C=O) groups excluding carboxylic acids is 2. The van der Waals surface area contributed by atoms with E-state index in [0.29, 0.717) is 13.2 Å². The molecule has 0 aromatic carbocycles. The quantitative estimate of drug-likeness (QED) is 0.546. The fraction of sp³-hybridized carbons (Fsp3) is 0.600. The van der Waals surface area contributed by atoms with E-state index in [2.05, 4.69) is 17.4 Å². The second-order valence-corrected chi connectivity index (χ2v) is 2.13. The predicted octanol–water partition coefficient (Wildman–Crippen LogP) is -0.105. The lowest BCUT2D eigenvalue weighted by molar-refractivity contribution is -0.124. The number of nitrogens with zero attached hydrogens (tertiary/aromatic N) is 1. The second-order valence-electron chi connectivity index (χ2n) is 1.82. The van der Waals surface area contributed by atoms with Gasteiger partial charge in [0.05, 0.1) is 12.3 Å². The molecule has 0 N–H and O–H groups in total. The van der Waals surface area contributed by atoms with Crippen molar-refractivity contribution in [3.05, 3.63) is 0 Å². The van der Waals surface area contributed by atoms with Crippen molar-refractivity contribution in [1.29, 1.82) is 0 Å². The van der Waals surface area contributed by atoms with Crippen LogP contribution in [0.5, 0.6) is 0 Å². The Morgan fingerprint density at radius 1 is 1.80 bits per heavy atom. The third kappa shape index (κ3) is 1.23. The Morgan fingerprint density at radius 3 is 2.90 bits per heavy atom. The standard InChI is InChI=1S/C5H7NO3S/c7-4(3-10)6-1-2-9-5(6)8/h10H,1-3H2. The number of imide groups is 1. The topological polar surface area (TPSA) is 46.6 Å². The lowest BCUT2D eigenvalue weighted by Gasteiger charge is -2.06. The minimum Gasteiger partial charge on any atom is -0.447 e. The lowest BCUT2D eigenvalue weighted by Crippen LogP contribution is -2.32. The molecule has 0 saturated carbocycles. The highest BCUT2D eigenvalue weighted by molar-refractivity contribution is 7.81. The van der Waals surface area contributed by atoms with E-state index in [1.165, 1.54) is 0 Å². The maximum absolute atomic E-state index is 10.8. The van der Waals surface area contributed by atoms with E-state index in [4.69, 9.17) is 0 Å². The molecule has 1 fully saturated rings. The highest BCUT2D eigenvalue weighted by Gasteiger charge is 2.26. The molecule has 2 amide bonds. The normalized spacial score (nSPS) is 17.3. The largest absolute Gasteiger partial charge is 0.447 e. The van der Waals surface area contributed by atoms with Gasteiger partial charge in [-0.1, -0.05) is 0 Å². The molecule has 0 bridgehead atoms. The Hall–Kier alpha value is -0.710. The van der Waals surface area contributed by atoms with Gasteiger partial charge in [0.2, 0.25) is 5.91 Å². The van der Waals surface area contributed by atoms with Gasteiger partial charge in [-0.3, -0.25) is 4.79 Å². The van der Waals surface area contributed by atoms with Crippen LogP contribution in [0.15, 0.2) is 0 Å². The molecule has 0 aromatic rings. The molecule has 1 saturated heterocycles. The monoisotopic (exact) mass is 161 g/mol. The highest BCUT2D eigenvalue weighted by Crippen LogP contribution is 2.03. The predicted molar refractivity (Wildman–Crippen MR) is 36.9 cm³/mol. The maximum atomic E-state index is 10.8. The number of ether oxygens (including phenoxy) is 1. The first kappa shape index (κ1) is 7.40. The molecule has 0 radical (unpaired) electrons. The summed E-state index contributed by atoms with van der Waals surface area (Å²) in [5, 5.41) is 0. The minimum atomic E-state index is -0.556. The third-order valence-corrected chi connectivity index (χ3v) is 1.47. The van der Waals surface area contributed by atoms with Crippen LogP contribution in [0.25, 0.3) is 0 Å². The van der Waals surface area contributed by atoms with Crippen molar-refractivity contribution in [2.45, 2.75) is 0 Å². The number of carbonyl (C=O) groups is 2. The number of thiol groups is 1. The third-order valence-electron chi connectivity index (χ3n) is 1.20. The molecule has 0 aromatic heterocycles. The van der Waals surface area contributed by atoms with Crippen molar-refractivity contribution >= 4 is 24.6 Å². The Balaban J connectivity index is 2.55. The minimum absolute atomic E-state index is 0.0507. The summed E-state index contributed by atoms with van der Waals surface area (Å²) in [6.45, 7) is 0.663. The molecule has 5 heteroatoms. The number of hydrogen-bond acceptors (Lipinski definition) is 4. The van der Waals surface area contributed by atoms with E-state index in [1.807, 2.05) is 0 Å². The summed E-state index contributed by atoms with van der Waals surface area (Å²) in [5.74, 6) is -0.249. The van der Waals surface area contributed by atoms with Gasteiger partial charge >= 0.3 is 6.09 Å². The summed E-state index contributed by atoms with van der Waals surface area (Å²) in [5.41, 5.74) is 0. The van der Waals surface area contributed by atoms with Crippen molar-refractivity contribution in [2.24, 2.45) is 0 Å². The van der Waals surface area contributed by atoms with Crippen LogP contribution in [0.1, 0.15) is 0 Å². The van der Waals surface area contributed by atoms with E-state index < -0.39 is 6.09 Å². The average Bonchev–Trinajstić information content (AvgIpc) is 2.34. The summed E-state index contributed by atoms with van der Waals surface area (Å²) >= 11 is 3.73. The van der Waals surface area contributed by atoms with Crippen LogP contribution in [0.3, 0.4) is 0 Å². The van der Waals surface area contributed by atoms with Crippen LogP contribution < -0.4 is 0 Å². The van der Waals surface area contributed by atoms with Gasteiger partial charge in [-0.15, -0.1) is 0 Å². The second kappa shape index (κ2) is 2.92. The molecule has 56 valence electrons. The van der Waals surface area contributed by atoms with Crippen molar-refractivity contribution in [3.8, 4) is 0 Å². The van der Waals surface area contributed by atoms with Crippen molar-refractivity contribution in [1.82, 2.24) is 4.90 Å². The number of cyclic esters (lactones) is 1. The van der Waals surface area contributed by atoms with E-state index in [9.17, 15) is 9.59 Å². The van der Waals surface area contributed by atoms with Crippen LogP contribution in [-0.2, 0) is 9.53 Å². The first-order valence-corrected chi connectivity index (χ1v) is 3.47. The molecule has 10 heavy (non-hydrogen) atoms. The van der Waals surface area contributed by atoms with Crippen LogP contribution in [0.2, 0.25) is 0 Å². The smallest absolute Gasteiger partial charge is 0.416 e. The zero-order valence-corrected chi connectivity index (χ0v) is 6.13. The van der Waals surface area contributed by atoms with Gasteiger partial charge in [0.25, 0.3) is 0 Å². The van der Waals surface area contributed by atoms with Crippen LogP contribution in [0.4, 0.5) is 4.79 Å². The first-order valence-electron chi connectivity index (χ1n) is 2.83. The molecule has 1 aliphatic heterocycles. The van der Waals surface area contributed by atoms with Crippen LogP contribution in [-0.4, -0.2) is 35.8 Å². The Morgan fingerprint density at radius 2 is 2.50 bits per heavy atom. The van der Waals surface area contributed by atoms with Gasteiger partial charge in [0.1, 0.15) is 6.61 Å². The van der Waals surface area contributed by atoms with Crippen molar-refractivity contribution in [3.63, 3.8) is 0 Å². The fourth-order valence-electron chi connectivity index (χ4n) is 0.705. The molecule has 4 nitrogen and oxygen atoms in total. The summed E-state index contributed by atoms with van der Waals surface area (Å²) in [6.07, 6.45) is -0.556. The Labute approximate surface area is 63.5 Å². The maximum Gasteiger partial charge on any atom is 0.416 e. The Bertz CT molecular complexity index is 170. The van der Waals surface area contributed by atoms with E-state index in [1.54, 1.807) is 0 Å². The molecular weight excluding hydrogens is 154 g/mol. The summed E-state index contributed by atoms with van der Waals surface area (Å²) in [4.78, 5) is 22.4. The number of amides is 2. The van der Waals surface area contributed by atoms with Gasteiger partial charge < -0.3 is 4.74 Å². The Kier molecular flexibility index (Phi) is 2.16.